The predicted octanol–water partition coefficient (Wildman–Crippen LogP) is 3.53. The van der Waals surface area contributed by atoms with Gasteiger partial charge in [0.1, 0.15) is 0 Å². The third-order valence-electron chi connectivity index (χ3n) is 8.00. The molecule has 1 aromatic rings. The molecule has 4 saturated carbocycles. The molecule has 1 saturated heterocycles. The fraction of sp³-hybridized carbons (Fsp3) is 0.667. The van der Waals surface area contributed by atoms with Crippen LogP contribution in [0.4, 0.5) is 0 Å². The van der Waals surface area contributed by atoms with Crippen LogP contribution in [0.3, 0.4) is 0 Å². The molecule has 156 valence electrons. The maximum atomic E-state index is 13.9. The summed E-state index contributed by atoms with van der Waals surface area (Å²) in [7, 11) is 0. The Kier molecular flexibility index (Phi) is 4.32. The fourth-order valence-electron chi connectivity index (χ4n) is 7.35. The number of aliphatic carboxylic acids is 1. The van der Waals surface area contributed by atoms with Gasteiger partial charge < -0.3 is 14.7 Å². The van der Waals surface area contributed by atoms with Gasteiger partial charge in [-0.2, -0.15) is 0 Å². The molecule has 3 unspecified atom stereocenters. The summed E-state index contributed by atoms with van der Waals surface area (Å²) in [5.41, 5.74) is 2.45. The molecule has 0 spiro atoms. The van der Waals surface area contributed by atoms with E-state index < -0.39 is 12.1 Å². The van der Waals surface area contributed by atoms with Gasteiger partial charge in [0.15, 0.2) is 6.10 Å². The Hall–Kier alpha value is -1.88. The number of benzene rings is 1. The van der Waals surface area contributed by atoms with Crippen LogP contribution in [0, 0.1) is 24.2 Å². The Morgan fingerprint density at radius 2 is 1.72 bits per heavy atom. The Morgan fingerprint density at radius 1 is 1.07 bits per heavy atom. The molecular weight excluding hydrogens is 366 g/mol. The number of nitrogens with zero attached hydrogens (tertiary/aromatic N) is 1. The number of hydrogen-bond acceptors (Lipinski definition) is 3. The van der Waals surface area contributed by atoms with E-state index in [1.165, 1.54) is 30.4 Å². The van der Waals surface area contributed by atoms with Crippen LogP contribution < -0.4 is 0 Å². The van der Waals surface area contributed by atoms with E-state index in [4.69, 9.17) is 4.74 Å². The summed E-state index contributed by atoms with van der Waals surface area (Å²) in [5.74, 6) is 0.422. The van der Waals surface area contributed by atoms with Crippen molar-refractivity contribution in [1.29, 1.82) is 0 Å². The number of carbonyl (C=O) groups is 2. The van der Waals surface area contributed by atoms with E-state index in [0.29, 0.717) is 18.4 Å². The molecule has 1 amide bonds. The minimum absolute atomic E-state index is 0.109. The van der Waals surface area contributed by atoms with Crippen LogP contribution >= 0.6 is 0 Å². The minimum Gasteiger partial charge on any atom is -0.479 e. The molecule has 6 rings (SSSR count). The molecule has 1 N–H and O–H groups in total. The van der Waals surface area contributed by atoms with Gasteiger partial charge in [0, 0.05) is 6.54 Å². The summed E-state index contributed by atoms with van der Waals surface area (Å²) in [4.78, 5) is 27.2. The number of ether oxygens (including phenoxy) is 1. The van der Waals surface area contributed by atoms with E-state index in [2.05, 4.69) is 31.2 Å². The summed E-state index contributed by atoms with van der Waals surface area (Å²) >= 11 is 0. The second kappa shape index (κ2) is 6.56. The van der Waals surface area contributed by atoms with Crippen molar-refractivity contribution >= 4 is 11.9 Å². The van der Waals surface area contributed by atoms with Gasteiger partial charge in [-0.15, -0.1) is 0 Å². The number of morpholine rings is 1. The van der Waals surface area contributed by atoms with Gasteiger partial charge in [0.05, 0.1) is 18.1 Å². The molecule has 5 aliphatic rings. The monoisotopic (exact) mass is 397 g/mol. The normalized spacial score (nSPS) is 40.8. The van der Waals surface area contributed by atoms with Crippen molar-refractivity contribution in [3.05, 3.63) is 35.4 Å². The lowest BCUT2D eigenvalue weighted by Crippen LogP contribution is -2.62. The Bertz CT molecular complexity index is 818. The van der Waals surface area contributed by atoms with Crippen LogP contribution in [-0.4, -0.2) is 47.2 Å². The lowest BCUT2D eigenvalue weighted by molar-refractivity contribution is -0.178. The van der Waals surface area contributed by atoms with E-state index in [1.54, 1.807) is 0 Å². The van der Waals surface area contributed by atoms with Gasteiger partial charge >= 0.3 is 5.97 Å². The van der Waals surface area contributed by atoms with Crippen molar-refractivity contribution in [1.82, 2.24) is 4.90 Å². The lowest BCUT2D eigenvalue weighted by atomic mass is 9.42. The molecule has 5 heteroatoms. The highest BCUT2D eigenvalue weighted by atomic mass is 16.5. The van der Waals surface area contributed by atoms with Crippen LogP contribution in [0.25, 0.3) is 0 Å². The summed E-state index contributed by atoms with van der Waals surface area (Å²) < 4.78 is 5.55. The number of carbonyl (C=O) groups excluding carboxylic acids is 1. The zero-order valence-corrected chi connectivity index (χ0v) is 17.4. The third-order valence-corrected chi connectivity index (χ3v) is 8.00. The Balaban J connectivity index is 1.46. The first kappa shape index (κ1) is 19.1. The van der Waals surface area contributed by atoms with E-state index >= 15 is 0 Å². The smallest absolute Gasteiger partial charge is 0.334 e. The van der Waals surface area contributed by atoms with Gasteiger partial charge in [-0.3, -0.25) is 4.79 Å². The molecular formula is C24H31NO4. The average Bonchev–Trinajstić information content (AvgIpc) is 2.66. The SMILES string of the molecule is Cc1ccc(C23CC4CC(CC(C(=O)N5CC(C(=O)O)O[C@H](C)C5)(C4)C2)C3)cc1. The summed E-state index contributed by atoms with van der Waals surface area (Å²) in [6.45, 7) is 4.65. The second-order valence-corrected chi connectivity index (χ2v) is 10.4. The van der Waals surface area contributed by atoms with Gasteiger partial charge in [0.2, 0.25) is 5.91 Å². The van der Waals surface area contributed by atoms with Gasteiger partial charge in [-0.05, 0) is 75.2 Å². The Morgan fingerprint density at radius 3 is 2.34 bits per heavy atom. The molecule has 5 fully saturated rings. The molecule has 0 aromatic heterocycles. The molecule has 1 aliphatic heterocycles. The first-order chi connectivity index (χ1) is 13.8. The number of carboxylic acids is 1. The van der Waals surface area contributed by atoms with Gasteiger partial charge in [0.25, 0.3) is 0 Å². The molecule has 4 atom stereocenters. The van der Waals surface area contributed by atoms with E-state index in [9.17, 15) is 14.7 Å². The number of rotatable bonds is 3. The molecule has 1 heterocycles. The standard InChI is InChI=1S/C24H31NO4/c1-15-3-5-19(6-4-15)23-8-17-7-18(9-23)11-24(10-17,14-23)22(28)25-12-16(2)29-20(13-25)21(26)27/h3-6,16-18,20H,7-14H2,1-2H3,(H,26,27)/t16-,17?,18?,20?,23?,24?/m1/s1. The molecule has 1 aromatic carbocycles. The highest BCUT2D eigenvalue weighted by Crippen LogP contribution is 2.66. The van der Waals surface area contributed by atoms with Crippen LogP contribution in [0.15, 0.2) is 24.3 Å². The van der Waals surface area contributed by atoms with Gasteiger partial charge in [-0.25, -0.2) is 4.79 Å². The zero-order valence-electron chi connectivity index (χ0n) is 17.4. The predicted molar refractivity (Wildman–Crippen MR) is 109 cm³/mol. The minimum atomic E-state index is -0.976. The highest BCUT2D eigenvalue weighted by Gasteiger charge is 2.61. The molecule has 4 bridgehead atoms. The van der Waals surface area contributed by atoms with Gasteiger partial charge in [-0.1, -0.05) is 29.8 Å². The van der Waals surface area contributed by atoms with Crippen LogP contribution in [0.1, 0.15) is 56.6 Å². The van der Waals surface area contributed by atoms with E-state index in [0.717, 1.165) is 19.3 Å². The van der Waals surface area contributed by atoms with Crippen molar-refractivity contribution in [2.75, 3.05) is 13.1 Å². The van der Waals surface area contributed by atoms with Crippen molar-refractivity contribution in [3.63, 3.8) is 0 Å². The highest BCUT2D eigenvalue weighted by molar-refractivity contribution is 5.85. The maximum Gasteiger partial charge on any atom is 0.334 e. The van der Waals surface area contributed by atoms with Crippen LogP contribution in [-0.2, 0) is 19.7 Å². The molecule has 0 radical (unpaired) electrons. The average molecular weight is 398 g/mol. The van der Waals surface area contributed by atoms with Crippen molar-refractivity contribution in [3.8, 4) is 0 Å². The Labute approximate surface area is 172 Å². The quantitative estimate of drug-likeness (QED) is 0.847. The summed E-state index contributed by atoms with van der Waals surface area (Å²) in [5, 5.41) is 9.44. The number of aryl methyl sites for hydroxylation is 1. The molecule has 29 heavy (non-hydrogen) atoms. The van der Waals surface area contributed by atoms with Crippen LogP contribution in [0.2, 0.25) is 0 Å². The van der Waals surface area contributed by atoms with Crippen molar-refractivity contribution in [2.45, 2.75) is 70.0 Å². The first-order valence-corrected chi connectivity index (χ1v) is 11.0. The lowest BCUT2D eigenvalue weighted by Gasteiger charge is -2.62. The largest absolute Gasteiger partial charge is 0.479 e. The van der Waals surface area contributed by atoms with Crippen molar-refractivity contribution < 1.29 is 19.4 Å². The number of carboxylic acid groups (broad SMARTS) is 1. The second-order valence-electron chi connectivity index (χ2n) is 10.4. The third kappa shape index (κ3) is 3.09. The first-order valence-electron chi connectivity index (χ1n) is 11.0. The van der Waals surface area contributed by atoms with Crippen LogP contribution in [0.5, 0.6) is 0 Å². The summed E-state index contributed by atoms with van der Waals surface area (Å²) in [6, 6.07) is 8.95. The molecule has 4 aliphatic carbocycles. The molecule has 5 nitrogen and oxygen atoms in total. The van der Waals surface area contributed by atoms with E-state index in [-0.39, 0.29) is 29.4 Å². The van der Waals surface area contributed by atoms with Crippen molar-refractivity contribution in [2.24, 2.45) is 17.3 Å². The van der Waals surface area contributed by atoms with E-state index in [1.807, 2.05) is 11.8 Å². The zero-order chi connectivity index (χ0) is 20.4. The number of hydrogen-bond donors (Lipinski definition) is 1. The topological polar surface area (TPSA) is 66.8 Å². The summed E-state index contributed by atoms with van der Waals surface area (Å²) in [6.07, 6.45) is 5.34. The fourth-order valence-corrected chi connectivity index (χ4v) is 7.35. The number of amides is 1. The maximum absolute atomic E-state index is 13.9.